The monoisotopic (exact) mass is 532 g/mol. The van der Waals surface area contributed by atoms with Gasteiger partial charge in [0.05, 0.1) is 28.4 Å². The first-order valence-electron chi connectivity index (χ1n) is 9.73. The Labute approximate surface area is 213 Å². The fraction of sp³-hybridized carbons (Fsp3) is 0.0417. The number of halogens is 3. The fourth-order valence-electron chi connectivity index (χ4n) is 3.01. The van der Waals surface area contributed by atoms with Crippen LogP contribution in [0, 0.1) is 0 Å². The van der Waals surface area contributed by atoms with Crippen molar-refractivity contribution in [2.75, 3.05) is 7.11 Å². The van der Waals surface area contributed by atoms with Gasteiger partial charge in [0.15, 0.2) is 11.5 Å². The van der Waals surface area contributed by atoms with Crippen molar-refractivity contribution in [2.45, 2.75) is 0 Å². The van der Waals surface area contributed by atoms with Gasteiger partial charge in [-0.1, -0.05) is 53.0 Å². The zero-order chi connectivity index (χ0) is 24.2. The molecule has 0 saturated heterocycles. The Hall–Kier alpha value is -3.10. The van der Waals surface area contributed by atoms with Crippen LogP contribution in [0.3, 0.4) is 0 Å². The first kappa shape index (κ1) is 24.0. The van der Waals surface area contributed by atoms with E-state index in [0.717, 1.165) is 10.1 Å². The Kier molecular flexibility index (Phi) is 7.38. The summed E-state index contributed by atoms with van der Waals surface area (Å²) in [5.74, 6) is -0.504. The number of amides is 1. The molecular weight excluding hydrogens is 519 g/mol. The van der Waals surface area contributed by atoms with E-state index in [1.54, 1.807) is 18.2 Å². The summed E-state index contributed by atoms with van der Waals surface area (Å²) in [6.45, 7) is 0. The van der Waals surface area contributed by atoms with Crippen LogP contribution in [-0.4, -0.2) is 25.2 Å². The first-order valence-corrected chi connectivity index (χ1v) is 11.7. The fourth-order valence-corrected chi connectivity index (χ4v) is 4.69. The number of nitrogens with one attached hydrogen (secondary N) is 1. The third kappa shape index (κ3) is 5.18. The minimum Gasteiger partial charge on any atom is -0.493 e. The normalized spacial score (nSPS) is 11.1. The van der Waals surface area contributed by atoms with Crippen LogP contribution in [0.5, 0.6) is 11.5 Å². The number of hydrazone groups is 1. The maximum atomic E-state index is 12.7. The van der Waals surface area contributed by atoms with Gasteiger partial charge in [0, 0.05) is 15.6 Å². The number of hydrogen-bond donors (Lipinski definition) is 1. The summed E-state index contributed by atoms with van der Waals surface area (Å²) in [4.78, 5) is 25.3. The summed E-state index contributed by atoms with van der Waals surface area (Å²) in [5, 5.41) is 5.71. The Bertz CT molecular complexity index is 1440. The van der Waals surface area contributed by atoms with E-state index >= 15 is 0 Å². The molecule has 0 radical (unpaired) electrons. The number of carbonyl (C=O) groups is 2. The van der Waals surface area contributed by atoms with Crippen LogP contribution >= 0.6 is 46.1 Å². The van der Waals surface area contributed by atoms with Gasteiger partial charge in [-0.15, -0.1) is 11.3 Å². The summed E-state index contributed by atoms with van der Waals surface area (Å²) >= 11 is 19.4. The molecule has 0 bridgehead atoms. The largest absolute Gasteiger partial charge is 0.493 e. The van der Waals surface area contributed by atoms with E-state index in [1.807, 2.05) is 24.3 Å². The van der Waals surface area contributed by atoms with E-state index in [0.29, 0.717) is 31.8 Å². The summed E-state index contributed by atoms with van der Waals surface area (Å²) in [5.41, 5.74) is 3.32. The molecule has 0 aliphatic carbocycles. The number of methoxy groups -OCH3 is 1. The molecule has 10 heteroatoms. The maximum Gasteiger partial charge on any atom is 0.355 e. The minimum atomic E-state index is -0.584. The molecule has 4 rings (SSSR count). The minimum absolute atomic E-state index is 0.220. The second kappa shape index (κ2) is 10.4. The van der Waals surface area contributed by atoms with Crippen LogP contribution in [-0.2, 0) is 0 Å². The zero-order valence-electron chi connectivity index (χ0n) is 17.5. The van der Waals surface area contributed by atoms with E-state index in [2.05, 4.69) is 10.5 Å². The first-order chi connectivity index (χ1) is 16.4. The highest BCUT2D eigenvalue weighted by molar-refractivity contribution is 7.21. The average Bonchev–Trinajstić information content (AvgIpc) is 3.18. The molecule has 34 heavy (non-hydrogen) atoms. The number of rotatable bonds is 6. The lowest BCUT2D eigenvalue weighted by Gasteiger charge is -2.09. The van der Waals surface area contributed by atoms with Crippen LogP contribution in [0.1, 0.15) is 25.6 Å². The number of ether oxygens (including phenoxy) is 2. The third-order valence-corrected chi connectivity index (χ3v) is 7.07. The number of carbonyl (C=O) groups excluding carboxylic acids is 2. The van der Waals surface area contributed by atoms with E-state index in [-0.39, 0.29) is 10.8 Å². The van der Waals surface area contributed by atoms with Crippen molar-refractivity contribution < 1.29 is 19.1 Å². The summed E-state index contributed by atoms with van der Waals surface area (Å²) in [6.07, 6.45) is 1.42. The molecule has 0 saturated carbocycles. The topological polar surface area (TPSA) is 77.0 Å². The summed E-state index contributed by atoms with van der Waals surface area (Å²) < 4.78 is 11.8. The predicted octanol–water partition coefficient (Wildman–Crippen LogP) is 6.85. The number of fused-ring (bicyclic) bond motifs is 1. The third-order valence-electron chi connectivity index (χ3n) is 4.67. The highest BCUT2D eigenvalue weighted by Gasteiger charge is 2.20. The van der Waals surface area contributed by atoms with Crippen LogP contribution in [0.15, 0.2) is 65.8 Å². The van der Waals surface area contributed by atoms with Gasteiger partial charge in [0.2, 0.25) is 0 Å². The molecule has 1 N–H and O–H groups in total. The van der Waals surface area contributed by atoms with Crippen molar-refractivity contribution in [1.82, 2.24) is 5.43 Å². The second-order valence-corrected chi connectivity index (χ2v) is 9.11. The molecule has 6 nitrogen and oxygen atoms in total. The molecule has 0 aliphatic heterocycles. The molecule has 0 spiro atoms. The average molecular weight is 534 g/mol. The molecule has 0 aliphatic rings. The molecule has 1 amide bonds. The van der Waals surface area contributed by atoms with Crippen LogP contribution < -0.4 is 14.9 Å². The van der Waals surface area contributed by atoms with Crippen molar-refractivity contribution in [2.24, 2.45) is 5.10 Å². The summed E-state index contributed by atoms with van der Waals surface area (Å²) in [7, 11) is 1.45. The van der Waals surface area contributed by atoms with E-state index in [9.17, 15) is 9.59 Å². The number of nitrogens with zero attached hydrogens (tertiary/aromatic N) is 1. The van der Waals surface area contributed by atoms with Crippen molar-refractivity contribution >= 4 is 74.3 Å². The molecule has 0 fully saturated rings. The van der Waals surface area contributed by atoms with Gasteiger partial charge in [-0.3, -0.25) is 4.79 Å². The zero-order valence-corrected chi connectivity index (χ0v) is 20.6. The van der Waals surface area contributed by atoms with Crippen LogP contribution in [0.25, 0.3) is 10.1 Å². The van der Waals surface area contributed by atoms with Gasteiger partial charge in [-0.2, -0.15) is 5.10 Å². The highest BCUT2D eigenvalue weighted by atomic mass is 35.5. The molecular formula is C24H15Cl3N2O4S. The molecule has 0 unspecified atom stereocenters. The van der Waals surface area contributed by atoms with Gasteiger partial charge >= 0.3 is 5.97 Å². The van der Waals surface area contributed by atoms with E-state index in [4.69, 9.17) is 44.3 Å². The van der Waals surface area contributed by atoms with Crippen molar-refractivity contribution in [1.29, 1.82) is 0 Å². The molecule has 0 atom stereocenters. The molecule has 172 valence electrons. The standard InChI is InChI=1S/C24H15Cl3N2O4S/c1-32-19-10-13(12-28-29-23(30)14-7-8-16(25)17(26)11-14)6-9-18(19)33-24(31)22-21(27)15-4-2-3-5-20(15)34-22/h2-12H,1H3,(H,29,30)/b28-12-. The number of esters is 1. The van der Waals surface area contributed by atoms with Crippen molar-refractivity contribution in [3.8, 4) is 11.5 Å². The number of thiophene rings is 1. The lowest BCUT2D eigenvalue weighted by atomic mass is 10.2. The lowest BCUT2D eigenvalue weighted by molar-refractivity contribution is 0.0734. The van der Waals surface area contributed by atoms with Gasteiger partial charge in [0.25, 0.3) is 5.91 Å². The Morgan fingerprint density at radius 3 is 2.50 bits per heavy atom. The van der Waals surface area contributed by atoms with Crippen molar-refractivity contribution in [3.63, 3.8) is 0 Å². The quantitative estimate of drug-likeness (QED) is 0.127. The molecule has 1 heterocycles. The van der Waals surface area contributed by atoms with Crippen LogP contribution in [0.4, 0.5) is 0 Å². The van der Waals surface area contributed by atoms with Crippen molar-refractivity contribution in [3.05, 3.63) is 91.7 Å². The SMILES string of the molecule is COc1cc(/C=N\NC(=O)c2ccc(Cl)c(Cl)c2)ccc1OC(=O)c1sc2ccccc2c1Cl. The van der Waals surface area contributed by atoms with Gasteiger partial charge in [-0.05, 0) is 48.0 Å². The molecule has 1 aromatic heterocycles. The van der Waals surface area contributed by atoms with E-state index in [1.165, 1.54) is 42.9 Å². The van der Waals surface area contributed by atoms with Gasteiger partial charge in [-0.25, -0.2) is 10.2 Å². The maximum absolute atomic E-state index is 12.7. The molecule has 4 aromatic rings. The lowest BCUT2D eigenvalue weighted by Crippen LogP contribution is -2.17. The number of hydrogen-bond acceptors (Lipinski definition) is 6. The second-order valence-electron chi connectivity index (χ2n) is 6.87. The summed E-state index contributed by atoms with van der Waals surface area (Å²) in [6, 6.07) is 16.8. The number of benzene rings is 3. The smallest absolute Gasteiger partial charge is 0.355 e. The Morgan fingerprint density at radius 2 is 1.76 bits per heavy atom. The highest BCUT2D eigenvalue weighted by Crippen LogP contribution is 2.37. The van der Waals surface area contributed by atoms with Gasteiger partial charge in [0.1, 0.15) is 4.88 Å². The Balaban J connectivity index is 1.46. The van der Waals surface area contributed by atoms with Gasteiger partial charge < -0.3 is 9.47 Å². The van der Waals surface area contributed by atoms with Crippen LogP contribution in [0.2, 0.25) is 15.1 Å². The molecule has 3 aromatic carbocycles. The predicted molar refractivity (Wildman–Crippen MR) is 136 cm³/mol. The Morgan fingerprint density at radius 1 is 0.971 bits per heavy atom. The van der Waals surface area contributed by atoms with E-state index < -0.39 is 11.9 Å².